The number of aryl methyl sites for hydroxylation is 1. The molecule has 2 amide bonds. The van der Waals surface area contributed by atoms with Crippen molar-refractivity contribution in [2.45, 2.75) is 12.2 Å². The number of aromatic nitrogens is 2. The van der Waals surface area contributed by atoms with Crippen LogP contribution in [-0.4, -0.2) is 27.9 Å². The Labute approximate surface area is 181 Å². The number of nitrogens with one attached hydrogen (secondary N) is 2. The van der Waals surface area contributed by atoms with Crippen molar-refractivity contribution in [3.63, 3.8) is 0 Å². The van der Waals surface area contributed by atoms with Crippen molar-refractivity contribution in [1.29, 1.82) is 0 Å². The second-order valence-corrected chi connectivity index (χ2v) is 7.14. The third kappa shape index (κ3) is 5.64. The maximum absolute atomic E-state index is 12.6. The molecule has 6 nitrogen and oxygen atoms in total. The molecule has 10 heteroatoms. The number of carbonyl (C=O) groups is 2. The molecule has 0 aliphatic heterocycles. The van der Waals surface area contributed by atoms with E-state index < -0.39 is 29.6 Å². The van der Waals surface area contributed by atoms with Gasteiger partial charge in [0.15, 0.2) is 0 Å². The van der Waals surface area contributed by atoms with Crippen LogP contribution in [0.25, 0.3) is 0 Å². The summed E-state index contributed by atoms with van der Waals surface area (Å²) in [4.78, 5) is 28.9. The summed E-state index contributed by atoms with van der Waals surface area (Å²) in [6.07, 6.45) is -1.16. The number of amides is 2. The van der Waals surface area contributed by atoms with Crippen LogP contribution in [0.15, 0.2) is 60.9 Å². The molecule has 0 fully saturated rings. The molecular weight excluding hydrogens is 433 g/mol. The van der Waals surface area contributed by atoms with Crippen LogP contribution in [0.1, 0.15) is 33.4 Å². The van der Waals surface area contributed by atoms with Crippen molar-refractivity contribution >= 4 is 23.4 Å². The molecule has 0 radical (unpaired) electrons. The zero-order valence-corrected chi connectivity index (χ0v) is 17.0. The van der Waals surface area contributed by atoms with Gasteiger partial charge < -0.3 is 15.2 Å². The Bertz CT molecular complexity index is 1060. The van der Waals surface area contributed by atoms with E-state index in [0.29, 0.717) is 10.8 Å². The van der Waals surface area contributed by atoms with Crippen LogP contribution in [0.5, 0.6) is 0 Å². The lowest BCUT2D eigenvalue weighted by Crippen LogP contribution is -2.39. The molecule has 2 aromatic carbocycles. The van der Waals surface area contributed by atoms with Gasteiger partial charge in [0.25, 0.3) is 5.91 Å². The van der Waals surface area contributed by atoms with Gasteiger partial charge in [0.1, 0.15) is 11.9 Å². The van der Waals surface area contributed by atoms with E-state index in [1.165, 1.54) is 0 Å². The molecule has 0 saturated carbocycles. The van der Waals surface area contributed by atoms with E-state index in [9.17, 15) is 22.8 Å². The molecular formula is C21H18ClF3N4O2. The number of imidazole rings is 1. The fraction of sp³-hybridized carbons (Fsp3) is 0.190. The van der Waals surface area contributed by atoms with E-state index in [2.05, 4.69) is 15.6 Å². The predicted molar refractivity (Wildman–Crippen MR) is 108 cm³/mol. The van der Waals surface area contributed by atoms with Crippen LogP contribution in [-0.2, 0) is 18.0 Å². The van der Waals surface area contributed by atoms with Crippen LogP contribution < -0.4 is 10.6 Å². The lowest BCUT2D eigenvalue weighted by Gasteiger charge is -2.19. The maximum Gasteiger partial charge on any atom is 0.416 e. The lowest BCUT2D eigenvalue weighted by atomic mass is 10.1. The highest BCUT2D eigenvalue weighted by molar-refractivity contribution is 6.30. The molecule has 162 valence electrons. The smallest absolute Gasteiger partial charge is 0.343 e. The number of hydrogen-bond donors (Lipinski definition) is 2. The van der Waals surface area contributed by atoms with Gasteiger partial charge in [0.05, 0.1) is 12.1 Å². The molecule has 1 heterocycles. The van der Waals surface area contributed by atoms with Crippen LogP contribution in [0.4, 0.5) is 13.2 Å². The number of alkyl halides is 3. The Morgan fingerprint density at radius 3 is 2.29 bits per heavy atom. The summed E-state index contributed by atoms with van der Waals surface area (Å²) in [6, 6.07) is 10.0. The molecule has 0 spiro atoms. The van der Waals surface area contributed by atoms with Crippen molar-refractivity contribution in [1.82, 2.24) is 20.2 Å². The topological polar surface area (TPSA) is 76.0 Å². The van der Waals surface area contributed by atoms with Crippen LogP contribution >= 0.6 is 11.6 Å². The average Bonchev–Trinajstić information content (AvgIpc) is 3.16. The summed E-state index contributed by atoms with van der Waals surface area (Å²) in [5.74, 6) is -0.586. The van der Waals surface area contributed by atoms with Gasteiger partial charge >= 0.3 is 6.18 Å². The van der Waals surface area contributed by atoms with E-state index in [-0.39, 0.29) is 12.1 Å². The summed E-state index contributed by atoms with van der Waals surface area (Å²) in [5, 5.41) is 5.74. The fourth-order valence-corrected chi connectivity index (χ4v) is 3.02. The first-order valence-electron chi connectivity index (χ1n) is 9.12. The monoisotopic (exact) mass is 450 g/mol. The molecule has 31 heavy (non-hydrogen) atoms. The molecule has 0 aliphatic rings. The molecule has 3 rings (SSSR count). The van der Waals surface area contributed by atoms with E-state index in [0.717, 1.165) is 29.8 Å². The first kappa shape index (κ1) is 22.4. The standard InChI is InChI=1S/C21H18ClF3N4O2/c1-29-11-10-26-19(29)18(13-4-8-16(22)9-5-13)28-17(30)12-27-20(31)14-2-6-15(7-3-14)21(23,24)25/h2-11,18H,12H2,1H3,(H,27,31)(H,28,30)/t18-/m1/s1. The Balaban J connectivity index is 1.66. The Kier molecular flexibility index (Phi) is 6.65. The second-order valence-electron chi connectivity index (χ2n) is 6.71. The summed E-state index contributed by atoms with van der Waals surface area (Å²) >= 11 is 5.94. The zero-order valence-electron chi connectivity index (χ0n) is 16.3. The molecule has 1 aromatic heterocycles. The third-order valence-corrected chi connectivity index (χ3v) is 4.76. The van der Waals surface area contributed by atoms with E-state index in [1.807, 2.05) is 0 Å². The SMILES string of the molecule is Cn1ccnc1[C@H](NC(=O)CNC(=O)c1ccc(C(F)(F)F)cc1)c1ccc(Cl)cc1. The predicted octanol–water partition coefficient (Wildman–Crippen LogP) is 3.73. The highest BCUT2D eigenvalue weighted by Crippen LogP contribution is 2.29. The fourth-order valence-electron chi connectivity index (χ4n) is 2.89. The first-order valence-corrected chi connectivity index (χ1v) is 9.50. The van der Waals surface area contributed by atoms with Gasteiger partial charge in [-0.2, -0.15) is 13.2 Å². The van der Waals surface area contributed by atoms with Gasteiger partial charge in [0.2, 0.25) is 5.91 Å². The quantitative estimate of drug-likeness (QED) is 0.601. The average molecular weight is 451 g/mol. The number of halogens is 4. The summed E-state index contributed by atoms with van der Waals surface area (Å²) < 4.78 is 39.7. The summed E-state index contributed by atoms with van der Waals surface area (Å²) in [5.41, 5.74) is -0.108. The van der Waals surface area contributed by atoms with Gasteiger partial charge in [0, 0.05) is 30.0 Å². The summed E-state index contributed by atoms with van der Waals surface area (Å²) in [6.45, 7) is -0.367. The van der Waals surface area contributed by atoms with Gasteiger partial charge in [-0.05, 0) is 42.0 Å². The van der Waals surface area contributed by atoms with E-state index in [1.54, 1.807) is 48.3 Å². The molecule has 0 aliphatic carbocycles. The minimum Gasteiger partial charge on any atom is -0.343 e. The Morgan fingerprint density at radius 2 is 1.74 bits per heavy atom. The van der Waals surface area contributed by atoms with Crippen LogP contribution in [0.3, 0.4) is 0 Å². The number of carbonyl (C=O) groups excluding carboxylic acids is 2. The summed E-state index contributed by atoms with van der Waals surface area (Å²) in [7, 11) is 1.78. The Morgan fingerprint density at radius 1 is 1.10 bits per heavy atom. The molecule has 0 unspecified atom stereocenters. The van der Waals surface area contributed by atoms with Gasteiger partial charge in [-0.1, -0.05) is 23.7 Å². The van der Waals surface area contributed by atoms with Gasteiger partial charge in [-0.25, -0.2) is 4.98 Å². The highest BCUT2D eigenvalue weighted by atomic mass is 35.5. The van der Waals surface area contributed by atoms with Gasteiger partial charge in [-0.3, -0.25) is 9.59 Å². The number of rotatable bonds is 6. The maximum atomic E-state index is 12.6. The molecule has 0 bridgehead atoms. The number of benzene rings is 2. The van der Waals surface area contributed by atoms with Crippen LogP contribution in [0.2, 0.25) is 5.02 Å². The first-order chi connectivity index (χ1) is 14.6. The minimum atomic E-state index is -4.49. The normalized spacial score (nSPS) is 12.3. The third-order valence-electron chi connectivity index (χ3n) is 4.51. The number of hydrogen-bond acceptors (Lipinski definition) is 3. The van der Waals surface area contributed by atoms with Crippen molar-refractivity contribution < 1.29 is 22.8 Å². The van der Waals surface area contributed by atoms with Crippen molar-refractivity contribution in [2.24, 2.45) is 7.05 Å². The van der Waals surface area contributed by atoms with Crippen molar-refractivity contribution in [3.05, 3.63) is 88.5 Å². The molecule has 2 N–H and O–H groups in total. The van der Waals surface area contributed by atoms with E-state index in [4.69, 9.17) is 11.6 Å². The molecule has 1 atom stereocenters. The largest absolute Gasteiger partial charge is 0.416 e. The zero-order chi connectivity index (χ0) is 22.6. The second kappa shape index (κ2) is 9.22. The molecule has 0 saturated heterocycles. The Hall–Kier alpha value is -3.33. The van der Waals surface area contributed by atoms with Gasteiger partial charge in [-0.15, -0.1) is 0 Å². The van der Waals surface area contributed by atoms with Crippen molar-refractivity contribution in [3.8, 4) is 0 Å². The highest BCUT2D eigenvalue weighted by Gasteiger charge is 2.30. The lowest BCUT2D eigenvalue weighted by molar-refractivity contribution is -0.137. The van der Waals surface area contributed by atoms with Crippen molar-refractivity contribution in [2.75, 3.05) is 6.54 Å². The molecule has 3 aromatic rings. The number of nitrogens with zero attached hydrogens (tertiary/aromatic N) is 2. The van der Waals surface area contributed by atoms with Crippen LogP contribution in [0, 0.1) is 0 Å². The minimum absolute atomic E-state index is 0.0131. The van der Waals surface area contributed by atoms with E-state index >= 15 is 0 Å².